The third-order valence-corrected chi connectivity index (χ3v) is 7.41. The van der Waals surface area contributed by atoms with Crippen molar-refractivity contribution < 1.29 is 4.79 Å². The molecule has 4 aliphatic rings. The minimum atomic E-state index is -0.146. The van der Waals surface area contributed by atoms with Crippen molar-refractivity contribution in [1.82, 2.24) is 9.88 Å². The molecule has 1 amide bonds. The topological polar surface area (TPSA) is 59.9 Å². The minimum absolute atomic E-state index is 0.146. The second-order valence-corrected chi connectivity index (χ2v) is 9.30. The fraction of sp³-hybridized carbons (Fsp3) is 0.600. The van der Waals surface area contributed by atoms with Crippen molar-refractivity contribution in [3.05, 3.63) is 35.5 Å². The van der Waals surface area contributed by atoms with Crippen molar-refractivity contribution in [2.45, 2.75) is 84.2 Å². The zero-order chi connectivity index (χ0) is 20.8. The molecule has 2 aliphatic carbocycles. The second kappa shape index (κ2) is 7.52. The fourth-order valence-electron chi connectivity index (χ4n) is 6.43. The first kappa shape index (κ1) is 20.0. The number of aromatic nitrogens is 1. The van der Waals surface area contributed by atoms with Gasteiger partial charge in [0.1, 0.15) is 0 Å². The summed E-state index contributed by atoms with van der Waals surface area (Å²) in [5, 5.41) is 11.0. The Morgan fingerprint density at radius 1 is 1.28 bits per heavy atom. The highest BCUT2D eigenvalue weighted by molar-refractivity contribution is 5.88. The number of amides is 1. The normalized spacial score (nSPS) is 30.6. The number of nitrogens with zero attached hydrogens (tertiary/aromatic N) is 2. The molecule has 1 N–H and O–H groups in total. The Morgan fingerprint density at radius 3 is 2.62 bits per heavy atom. The van der Waals surface area contributed by atoms with Gasteiger partial charge >= 0.3 is 0 Å². The van der Waals surface area contributed by atoms with E-state index in [1.54, 1.807) is 0 Å². The molecule has 6 rings (SSSR count). The zero-order valence-electron chi connectivity index (χ0n) is 18.2. The number of nitrogens with one attached hydrogen (secondary N) is 1. The first-order valence-corrected chi connectivity index (χ1v) is 11.3. The summed E-state index contributed by atoms with van der Waals surface area (Å²) >= 11 is 0. The van der Waals surface area contributed by atoms with Gasteiger partial charge in [-0.2, -0.15) is 5.26 Å². The van der Waals surface area contributed by atoms with Crippen LogP contribution in [-0.4, -0.2) is 27.9 Å². The smallest absolute Gasteiger partial charge is 0.223 e. The second-order valence-electron chi connectivity index (χ2n) is 9.30. The average molecular weight is 392 g/mol. The van der Waals surface area contributed by atoms with E-state index >= 15 is 0 Å². The van der Waals surface area contributed by atoms with Gasteiger partial charge in [0.25, 0.3) is 0 Å². The maximum atomic E-state index is 13.3. The molecule has 154 valence electrons. The van der Waals surface area contributed by atoms with E-state index in [9.17, 15) is 10.1 Å². The molecule has 2 aromatic rings. The number of rotatable bonds is 3. The summed E-state index contributed by atoms with van der Waals surface area (Å²) in [5.74, 6) is 1.13. The number of nitriles is 1. The van der Waals surface area contributed by atoms with E-state index in [2.05, 4.69) is 54.2 Å². The summed E-state index contributed by atoms with van der Waals surface area (Å²) in [5.41, 5.74) is 3.51. The highest BCUT2D eigenvalue weighted by Gasteiger charge is 2.55. The molecule has 3 heterocycles. The van der Waals surface area contributed by atoms with Crippen LogP contribution in [0.4, 0.5) is 0 Å². The Kier molecular flexibility index (Phi) is 5.19. The SMILES string of the molecule is CC.Cc1cccc2[nH]cc(C(C)CC(=O)N3C4CC5CC3CC(C#N)(C5)C4)c12. The zero-order valence-corrected chi connectivity index (χ0v) is 18.2. The molecule has 2 saturated heterocycles. The molecule has 2 aliphatic heterocycles. The van der Waals surface area contributed by atoms with E-state index in [1.165, 1.54) is 16.5 Å². The molecule has 1 aromatic carbocycles. The molecular formula is C25H33N3O. The Hall–Kier alpha value is -2.28. The number of H-pyrrole nitrogens is 1. The number of carbonyl (C=O) groups is 1. The molecule has 4 nitrogen and oxygen atoms in total. The lowest BCUT2D eigenvalue weighted by Gasteiger charge is -2.59. The number of aryl methyl sites for hydroxylation is 1. The lowest BCUT2D eigenvalue weighted by molar-refractivity contribution is -0.153. The fourth-order valence-corrected chi connectivity index (χ4v) is 6.43. The third-order valence-electron chi connectivity index (χ3n) is 7.41. The molecule has 0 radical (unpaired) electrons. The van der Waals surface area contributed by atoms with Crippen molar-refractivity contribution in [3.8, 4) is 6.07 Å². The van der Waals surface area contributed by atoms with Gasteiger partial charge in [0, 0.05) is 35.6 Å². The molecule has 4 bridgehead atoms. The van der Waals surface area contributed by atoms with Crippen molar-refractivity contribution in [3.63, 3.8) is 0 Å². The first-order chi connectivity index (χ1) is 14.0. The number of hydrogen-bond donors (Lipinski definition) is 1. The van der Waals surface area contributed by atoms with E-state index in [0.29, 0.717) is 24.4 Å². The van der Waals surface area contributed by atoms with Gasteiger partial charge < -0.3 is 9.88 Å². The summed E-state index contributed by atoms with van der Waals surface area (Å²) in [6.07, 6.45) is 7.68. The lowest BCUT2D eigenvalue weighted by Crippen LogP contribution is -2.63. The molecule has 29 heavy (non-hydrogen) atoms. The Bertz CT molecular complexity index is 937. The van der Waals surface area contributed by atoms with Crippen LogP contribution >= 0.6 is 0 Å². The van der Waals surface area contributed by atoms with Gasteiger partial charge in [-0.1, -0.05) is 32.9 Å². The highest BCUT2D eigenvalue weighted by atomic mass is 16.2. The van der Waals surface area contributed by atoms with Crippen molar-refractivity contribution in [1.29, 1.82) is 5.26 Å². The van der Waals surface area contributed by atoms with E-state index < -0.39 is 0 Å². The number of benzene rings is 1. The van der Waals surface area contributed by atoms with E-state index in [4.69, 9.17) is 0 Å². The Balaban J connectivity index is 0.000000994. The first-order valence-electron chi connectivity index (χ1n) is 11.3. The Labute approximate surface area is 174 Å². The maximum Gasteiger partial charge on any atom is 0.223 e. The van der Waals surface area contributed by atoms with Gasteiger partial charge in [0.05, 0.1) is 11.5 Å². The van der Waals surface area contributed by atoms with Crippen LogP contribution in [0.2, 0.25) is 0 Å². The monoisotopic (exact) mass is 391 g/mol. The average Bonchev–Trinajstić information content (AvgIpc) is 3.14. The standard InChI is InChI=1S/C23H27N3O.C2H6/c1-14-4-3-5-20-22(14)19(12-25-20)15(2)6-21(27)26-17-7-16-8-18(26)11-23(9-16,10-17)13-24;1-2/h3-5,12,15-18,25H,6-11H2,1-2H3;1-2H3. The van der Waals surface area contributed by atoms with E-state index in [-0.39, 0.29) is 17.2 Å². The summed E-state index contributed by atoms with van der Waals surface area (Å²) in [6, 6.07) is 9.50. The minimum Gasteiger partial charge on any atom is -0.361 e. The van der Waals surface area contributed by atoms with Crippen LogP contribution in [0.1, 0.15) is 76.3 Å². The summed E-state index contributed by atoms with van der Waals surface area (Å²) in [7, 11) is 0. The predicted octanol–water partition coefficient (Wildman–Crippen LogP) is 5.68. The maximum absolute atomic E-state index is 13.3. The van der Waals surface area contributed by atoms with Crippen LogP contribution in [-0.2, 0) is 4.79 Å². The molecule has 2 saturated carbocycles. The van der Waals surface area contributed by atoms with Crippen LogP contribution in [0.25, 0.3) is 10.9 Å². The molecule has 0 spiro atoms. The molecule has 4 fully saturated rings. The number of aromatic amines is 1. The predicted molar refractivity (Wildman–Crippen MR) is 116 cm³/mol. The number of hydrogen-bond acceptors (Lipinski definition) is 2. The largest absolute Gasteiger partial charge is 0.361 e. The van der Waals surface area contributed by atoms with Crippen LogP contribution in [0.3, 0.4) is 0 Å². The number of fused-ring (bicyclic) bond motifs is 1. The van der Waals surface area contributed by atoms with Gasteiger partial charge in [0.15, 0.2) is 0 Å². The number of carbonyl (C=O) groups excluding carboxylic acids is 1. The van der Waals surface area contributed by atoms with E-state index in [1.807, 2.05) is 13.8 Å². The molecule has 4 heteroatoms. The van der Waals surface area contributed by atoms with Crippen molar-refractivity contribution >= 4 is 16.8 Å². The van der Waals surface area contributed by atoms with E-state index in [0.717, 1.165) is 37.6 Å². The van der Waals surface area contributed by atoms with Gasteiger partial charge in [-0.3, -0.25) is 4.79 Å². The summed E-state index contributed by atoms with van der Waals surface area (Å²) < 4.78 is 0. The van der Waals surface area contributed by atoms with Crippen LogP contribution < -0.4 is 0 Å². The third kappa shape index (κ3) is 3.25. The van der Waals surface area contributed by atoms with Gasteiger partial charge in [-0.05, 0) is 68.1 Å². The Morgan fingerprint density at radius 2 is 1.97 bits per heavy atom. The lowest BCUT2D eigenvalue weighted by atomic mass is 9.56. The van der Waals surface area contributed by atoms with Crippen LogP contribution in [0.15, 0.2) is 24.4 Å². The summed E-state index contributed by atoms with van der Waals surface area (Å²) in [4.78, 5) is 18.8. The highest BCUT2D eigenvalue weighted by Crippen LogP contribution is 2.56. The van der Waals surface area contributed by atoms with Gasteiger partial charge in [-0.25, -0.2) is 0 Å². The molecule has 1 aromatic heterocycles. The van der Waals surface area contributed by atoms with Gasteiger partial charge in [-0.15, -0.1) is 0 Å². The van der Waals surface area contributed by atoms with Crippen molar-refractivity contribution in [2.75, 3.05) is 0 Å². The van der Waals surface area contributed by atoms with Crippen LogP contribution in [0, 0.1) is 29.6 Å². The van der Waals surface area contributed by atoms with Gasteiger partial charge in [0.2, 0.25) is 5.91 Å². The molecular weight excluding hydrogens is 358 g/mol. The number of piperidine rings is 2. The molecule has 3 unspecified atom stereocenters. The van der Waals surface area contributed by atoms with Crippen LogP contribution in [0.5, 0.6) is 0 Å². The quantitative estimate of drug-likeness (QED) is 0.732. The molecule has 3 atom stereocenters. The van der Waals surface area contributed by atoms with Crippen molar-refractivity contribution in [2.24, 2.45) is 11.3 Å². The summed E-state index contributed by atoms with van der Waals surface area (Å²) in [6.45, 7) is 8.30.